The molecule has 3 rings (SSSR count). The molecule has 0 spiro atoms. The lowest BCUT2D eigenvalue weighted by Crippen LogP contribution is -2.05. The van der Waals surface area contributed by atoms with Crippen LogP contribution in [0.5, 0.6) is 0 Å². The fourth-order valence-electron chi connectivity index (χ4n) is 2.00. The molecular weight excluding hydrogens is 222 g/mol. The topological polar surface area (TPSA) is 37.8 Å². The average molecular weight is 239 g/mol. The molecule has 0 amide bonds. The highest BCUT2D eigenvalue weighted by atomic mass is 15.1. The maximum absolute atomic E-state index is 4.60. The monoisotopic (exact) mass is 239 g/mol. The number of aryl methyl sites for hydroxylation is 2. The minimum atomic E-state index is 0.582. The Morgan fingerprint density at radius 3 is 2.78 bits per heavy atom. The number of rotatable bonds is 3. The van der Waals surface area contributed by atoms with Gasteiger partial charge in [0.25, 0.3) is 0 Å². The maximum atomic E-state index is 4.60. The Kier molecular flexibility index (Phi) is 2.74. The van der Waals surface area contributed by atoms with Crippen LogP contribution in [0.4, 0.5) is 5.95 Å². The van der Waals surface area contributed by atoms with Gasteiger partial charge in [-0.05, 0) is 44.4 Å². The first kappa shape index (κ1) is 11.2. The zero-order chi connectivity index (χ0) is 12.5. The molecule has 1 aromatic heterocycles. The first-order valence-electron chi connectivity index (χ1n) is 6.39. The van der Waals surface area contributed by atoms with Crippen LogP contribution < -0.4 is 5.32 Å². The van der Waals surface area contributed by atoms with Crippen LogP contribution in [-0.2, 0) is 0 Å². The van der Waals surface area contributed by atoms with Crippen molar-refractivity contribution in [2.75, 3.05) is 5.32 Å². The Balaban J connectivity index is 1.96. The van der Waals surface area contributed by atoms with E-state index in [-0.39, 0.29) is 0 Å². The minimum absolute atomic E-state index is 0.582. The third-order valence-corrected chi connectivity index (χ3v) is 3.24. The number of nitrogens with zero attached hydrogens (tertiary/aromatic N) is 2. The smallest absolute Gasteiger partial charge is 0.223 e. The van der Waals surface area contributed by atoms with Gasteiger partial charge in [0, 0.05) is 17.8 Å². The summed E-state index contributed by atoms with van der Waals surface area (Å²) in [5.41, 5.74) is 4.69. The Morgan fingerprint density at radius 2 is 2.00 bits per heavy atom. The van der Waals surface area contributed by atoms with Gasteiger partial charge in [-0.2, -0.15) is 0 Å². The SMILES string of the molecule is Cc1ccc(C)c(-c2ccnc(NC3CC3)n2)c1. The van der Waals surface area contributed by atoms with Gasteiger partial charge in [0.2, 0.25) is 5.95 Å². The standard InChI is InChI=1S/C15H17N3/c1-10-3-4-11(2)13(9-10)14-7-8-16-15(18-14)17-12-5-6-12/h3-4,7-9,12H,5-6H2,1-2H3,(H,16,17,18). The predicted octanol–water partition coefficient (Wildman–Crippen LogP) is 3.33. The molecule has 92 valence electrons. The summed E-state index contributed by atoms with van der Waals surface area (Å²) in [4.78, 5) is 8.88. The summed E-state index contributed by atoms with van der Waals surface area (Å²) in [6.07, 6.45) is 4.29. The molecule has 1 aromatic carbocycles. The lowest BCUT2D eigenvalue weighted by Gasteiger charge is -2.08. The quantitative estimate of drug-likeness (QED) is 0.892. The van der Waals surface area contributed by atoms with E-state index in [4.69, 9.17) is 0 Å². The van der Waals surface area contributed by atoms with Crippen molar-refractivity contribution in [1.82, 2.24) is 9.97 Å². The van der Waals surface area contributed by atoms with E-state index in [1.165, 1.54) is 29.5 Å². The number of nitrogens with one attached hydrogen (secondary N) is 1. The van der Waals surface area contributed by atoms with Crippen LogP contribution in [0.25, 0.3) is 11.3 Å². The molecule has 3 nitrogen and oxygen atoms in total. The van der Waals surface area contributed by atoms with Gasteiger partial charge in [-0.3, -0.25) is 0 Å². The molecule has 0 atom stereocenters. The van der Waals surface area contributed by atoms with Crippen molar-refractivity contribution in [2.45, 2.75) is 32.7 Å². The fourth-order valence-corrected chi connectivity index (χ4v) is 2.00. The van der Waals surface area contributed by atoms with E-state index in [9.17, 15) is 0 Å². The molecule has 18 heavy (non-hydrogen) atoms. The third kappa shape index (κ3) is 2.35. The van der Waals surface area contributed by atoms with Crippen molar-refractivity contribution in [3.05, 3.63) is 41.6 Å². The van der Waals surface area contributed by atoms with E-state index < -0.39 is 0 Å². The summed E-state index contributed by atoms with van der Waals surface area (Å²) >= 11 is 0. The molecule has 1 N–H and O–H groups in total. The molecule has 1 fully saturated rings. The van der Waals surface area contributed by atoms with Crippen molar-refractivity contribution < 1.29 is 0 Å². The van der Waals surface area contributed by atoms with Crippen LogP contribution in [0, 0.1) is 13.8 Å². The van der Waals surface area contributed by atoms with Gasteiger partial charge < -0.3 is 5.32 Å². The normalized spacial score (nSPS) is 14.6. The molecule has 0 aliphatic heterocycles. The Bertz CT molecular complexity index is 574. The zero-order valence-electron chi connectivity index (χ0n) is 10.8. The predicted molar refractivity (Wildman–Crippen MR) is 73.6 cm³/mol. The molecule has 2 aromatic rings. The van der Waals surface area contributed by atoms with Crippen LogP contribution in [0.2, 0.25) is 0 Å². The number of aromatic nitrogens is 2. The average Bonchev–Trinajstić information content (AvgIpc) is 3.16. The molecule has 1 saturated carbocycles. The second kappa shape index (κ2) is 4.41. The Morgan fingerprint density at radius 1 is 1.17 bits per heavy atom. The molecule has 1 aliphatic carbocycles. The van der Waals surface area contributed by atoms with Crippen molar-refractivity contribution >= 4 is 5.95 Å². The summed E-state index contributed by atoms with van der Waals surface area (Å²) in [5, 5.41) is 3.34. The second-order valence-electron chi connectivity index (χ2n) is 5.00. The molecule has 0 bridgehead atoms. The van der Waals surface area contributed by atoms with E-state index in [0.717, 1.165) is 11.6 Å². The van der Waals surface area contributed by atoms with Gasteiger partial charge in [0.05, 0.1) is 5.69 Å². The number of hydrogen-bond donors (Lipinski definition) is 1. The molecule has 1 heterocycles. The van der Waals surface area contributed by atoms with Crippen LogP contribution >= 0.6 is 0 Å². The van der Waals surface area contributed by atoms with E-state index in [1.54, 1.807) is 0 Å². The summed E-state index contributed by atoms with van der Waals surface area (Å²) in [7, 11) is 0. The lowest BCUT2D eigenvalue weighted by atomic mass is 10.0. The number of anilines is 1. The summed E-state index contributed by atoms with van der Waals surface area (Å²) < 4.78 is 0. The Hall–Kier alpha value is -1.90. The molecule has 1 aliphatic rings. The first-order valence-corrected chi connectivity index (χ1v) is 6.39. The van der Waals surface area contributed by atoms with Gasteiger partial charge in [0.15, 0.2) is 0 Å². The lowest BCUT2D eigenvalue weighted by molar-refractivity contribution is 1.05. The van der Waals surface area contributed by atoms with Crippen LogP contribution in [0.1, 0.15) is 24.0 Å². The highest BCUT2D eigenvalue weighted by Crippen LogP contribution is 2.26. The van der Waals surface area contributed by atoms with Crippen molar-refractivity contribution in [2.24, 2.45) is 0 Å². The van der Waals surface area contributed by atoms with Crippen molar-refractivity contribution in [3.63, 3.8) is 0 Å². The van der Waals surface area contributed by atoms with Crippen LogP contribution in [-0.4, -0.2) is 16.0 Å². The van der Waals surface area contributed by atoms with E-state index in [2.05, 4.69) is 47.3 Å². The molecular formula is C15H17N3. The van der Waals surface area contributed by atoms with Gasteiger partial charge in [-0.15, -0.1) is 0 Å². The minimum Gasteiger partial charge on any atom is -0.351 e. The maximum Gasteiger partial charge on any atom is 0.223 e. The molecule has 0 radical (unpaired) electrons. The number of hydrogen-bond acceptors (Lipinski definition) is 3. The fraction of sp³-hybridized carbons (Fsp3) is 0.333. The van der Waals surface area contributed by atoms with Gasteiger partial charge in [-0.25, -0.2) is 9.97 Å². The summed E-state index contributed by atoms with van der Waals surface area (Å²) in [5.74, 6) is 0.746. The van der Waals surface area contributed by atoms with Gasteiger partial charge in [-0.1, -0.05) is 17.7 Å². The summed E-state index contributed by atoms with van der Waals surface area (Å²) in [6, 6.07) is 9.00. The van der Waals surface area contributed by atoms with Crippen LogP contribution in [0.15, 0.2) is 30.5 Å². The first-order chi connectivity index (χ1) is 8.72. The zero-order valence-corrected chi connectivity index (χ0v) is 10.8. The summed E-state index contributed by atoms with van der Waals surface area (Å²) in [6.45, 7) is 4.22. The molecule has 0 unspecified atom stereocenters. The molecule has 0 saturated heterocycles. The van der Waals surface area contributed by atoms with Crippen molar-refractivity contribution in [1.29, 1.82) is 0 Å². The highest BCUT2D eigenvalue weighted by molar-refractivity contribution is 5.65. The second-order valence-corrected chi connectivity index (χ2v) is 5.00. The third-order valence-electron chi connectivity index (χ3n) is 3.24. The van der Waals surface area contributed by atoms with Gasteiger partial charge >= 0.3 is 0 Å². The Labute approximate surface area is 107 Å². The van der Waals surface area contributed by atoms with Crippen molar-refractivity contribution in [3.8, 4) is 11.3 Å². The largest absolute Gasteiger partial charge is 0.351 e. The van der Waals surface area contributed by atoms with E-state index in [1.807, 2.05) is 12.3 Å². The van der Waals surface area contributed by atoms with Gasteiger partial charge in [0.1, 0.15) is 0 Å². The van der Waals surface area contributed by atoms with Crippen LogP contribution in [0.3, 0.4) is 0 Å². The highest BCUT2D eigenvalue weighted by Gasteiger charge is 2.21. The number of benzene rings is 1. The molecule has 3 heteroatoms. The van der Waals surface area contributed by atoms with E-state index >= 15 is 0 Å². The van der Waals surface area contributed by atoms with E-state index in [0.29, 0.717) is 6.04 Å².